The maximum Gasteiger partial charge on any atom is 0.514 e. The Hall–Kier alpha value is -3.33. The second kappa shape index (κ2) is 7.62. The van der Waals surface area contributed by atoms with Crippen LogP contribution in [0.3, 0.4) is 0 Å². The van der Waals surface area contributed by atoms with Crippen molar-refractivity contribution in [2.75, 3.05) is 19.8 Å². The Bertz CT molecular complexity index is 1070. The number of ketones is 1. The minimum Gasteiger partial charge on any atom is -0.477 e. The second-order valence-corrected chi connectivity index (χ2v) is 8.77. The molecule has 33 heavy (non-hydrogen) atoms. The van der Waals surface area contributed by atoms with E-state index in [-0.39, 0.29) is 43.3 Å². The second-order valence-electron chi connectivity index (χ2n) is 8.77. The first-order valence-electron chi connectivity index (χ1n) is 10.9. The van der Waals surface area contributed by atoms with Crippen molar-refractivity contribution in [1.82, 2.24) is 4.90 Å². The zero-order chi connectivity index (χ0) is 23.4. The van der Waals surface area contributed by atoms with Crippen LogP contribution >= 0.6 is 0 Å². The molecular weight excluding hydrogens is 430 g/mol. The first kappa shape index (κ1) is 21.5. The molecular formula is C24H25NO8. The Kier molecular flexibility index (Phi) is 4.97. The number of carbonyl (C=O) groups excluding carboxylic acids is 3. The van der Waals surface area contributed by atoms with Gasteiger partial charge in [-0.3, -0.25) is 4.79 Å². The van der Waals surface area contributed by atoms with Crippen molar-refractivity contribution in [3.05, 3.63) is 48.6 Å². The fraction of sp³-hybridized carbons (Fsp3) is 0.458. The van der Waals surface area contributed by atoms with Crippen LogP contribution < -0.4 is 9.47 Å². The minimum absolute atomic E-state index is 0.00969. The van der Waals surface area contributed by atoms with Gasteiger partial charge in [-0.25, -0.2) is 9.59 Å². The van der Waals surface area contributed by atoms with Gasteiger partial charge in [0.05, 0.1) is 17.1 Å². The molecule has 4 atom stereocenters. The van der Waals surface area contributed by atoms with Crippen LogP contribution in [0.15, 0.2) is 37.4 Å². The van der Waals surface area contributed by atoms with Gasteiger partial charge in [0.25, 0.3) is 0 Å². The Balaban J connectivity index is 1.59. The maximum absolute atomic E-state index is 13.0. The van der Waals surface area contributed by atoms with Crippen LogP contribution in [0, 0.1) is 0 Å². The van der Waals surface area contributed by atoms with Crippen molar-refractivity contribution in [3.8, 4) is 11.5 Å². The molecule has 9 nitrogen and oxygen atoms in total. The molecule has 1 N–H and O–H groups in total. The summed E-state index contributed by atoms with van der Waals surface area (Å²) in [6.45, 7) is 7.42. The van der Waals surface area contributed by atoms with Crippen molar-refractivity contribution in [3.63, 3.8) is 0 Å². The van der Waals surface area contributed by atoms with E-state index in [1.54, 1.807) is 17.0 Å². The number of Topliss-reactive ketones (excluding diaryl/α,β-unsaturated/α-hetero) is 1. The zero-order valence-electron chi connectivity index (χ0n) is 18.1. The highest BCUT2D eigenvalue weighted by atomic mass is 16.7. The van der Waals surface area contributed by atoms with Gasteiger partial charge in [-0.2, -0.15) is 0 Å². The standard InChI is InChI=1S/C24H25NO8/c1-3-11-30-21(27)25-10-9-23-18-14-5-6-16(32-22(28)31-12-4-2)19(18)33-20(23)15(26)7-8-24(23,29)17(25)13-14/h3-6,17,20,29H,1-2,7-13H2/t17-,20+,23?,24-/m1/s1. The lowest BCUT2D eigenvalue weighted by Crippen LogP contribution is -2.77. The first-order valence-corrected chi connectivity index (χ1v) is 10.9. The van der Waals surface area contributed by atoms with Gasteiger partial charge in [0.2, 0.25) is 0 Å². The summed E-state index contributed by atoms with van der Waals surface area (Å²) in [5.41, 5.74) is -0.899. The van der Waals surface area contributed by atoms with Crippen molar-refractivity contribution < 1.29 is 38.4 Å². The molecule has 1 saturated heterocycles. The number of likely N-dealkylation sites (tertiary alicyclic amines) is 1. The summed E-state index contributed by atoms with van der Waals surface area (Å²) in [5, 5.41) is 12.1. The number of carbonyl (C=O) groups is 3. The normalized spacial score (nSPS) is 30.6. The number of rotatable bonds is 5. The molecule has 1 amide bonds. The molecule has 2 aliphatic carbocycles. The van der Waals surface area contributed by atoms with E-state index in [1.165, 1.54) is 12.2 Å². The number of hydrogen-bond donors (Lipinski definition) is 1. The van der Waals surface area contributed by atoms with E-state index in [4.69, 9.17) is 18.9 Å². The molecule has 9 heteroatoms. The molecule has 0 aromatic heterocycles. The molecule has 2 fully saturated rings. The van der Waals surface area contributed by atoms with Gasteiger partial charge in [0.1, 0.15) is 13.2 Å². The average molecular weight is 455 g/mol. The van der Waals surface area contributed by atoms with Gasteiger partial charge in [-0.05, 0) is 30.9 Å². The predicted molar refractivity (Wildman–Crippen MR) is 114 cm³/mol. The van der Waals surface area contributed by atoms with Crippen LogP contribution in [-0.4, -0.2) is 65.5 Å². The molecule has 2 heterocycles. The quantitative estimate of drug-likeness (QED) is 0.409. The molecule has 1 spiro atoms. The summed E-state index contributed by atoms with van der Waals surface area (Å²) in [4.78, 5) is 39.4. The molecule has 2 bridgehead atoms. The molecule has 1 aromatic carbocycles. The molecule has 0 radical (unpaired) electrons. The van der Waals surface area contributed by atoms with Gasteiger partial charge in [-0.15, -0.1) is 0 Å². The van der Waals surface area contributed by atoms with Crippen LogP contribution in [0.5, 0.6) is 11.5 Å². The number of hydrogen-bond acceptors (Lipinski definition) is 8. The van der Waals surface area contributed by atoms with Crippen LogP contribution in [0.25, 0.3) is 0 Å². The average Bonchev–Trinajstić information content (AvgIpc) is 3.15. The summed E-state index contributed by atoms with van der Waals surface area (Å²) < 4.78 is 21.7. The Labute approximate surface area is 190 Å². The summed E-state index contributed by atoms with van der Waals surface area (Å²) in [6.07, 6.45) is 1.53. The van der Waals surface area contributed by atoms with Crippen molar-refractivity contribution in [2.24, 2.45) is 0 Å². The highest BCUT2D eigenvalue weighted by Gasteiger charge is 2.73. The van der Waals surface area contributed by atoms with Gasteiger partial charge >= 0.3 is 12.2 Å². The fourth-order valence-corrected chi connectivity index (χ4v) is 6.07. The molecule has 174 valence electrons. The molecule has 2 aliphatic heterocycles. The van der Waals surface area contributed by atoms with Gasteiger partial charge in [0.15, 0.2) is 23.4 Å². The molecule has 1 unspecified atom stereocenters. The lowest BCUT2D eigenvalue weighted by molar-refractivity contribution is -0.183. The third-order valence-electron chi connectivity index (χ3n) is 7.31. The number of amides is 1. The van der Waals surface area contributed by atoms with Crippen LogP contribution in [-0.2, 0) is 26.1 Å². The first-order chi connectivity index (χ1) is 15.9. The van der Waals surface area contributed by atoms with Crippen molar-refractivity contribution >= 4 is 18.0 Å². The lowest BCUT2D eigenvalue weighted by Gasteiger charge is -2.61. The lowest BCUT2D eigenvalue weighted by atomic mass is 9.49. The van der Waals surface area contributed by atoms with E-state index in [0.717, 1.165) is 5.56 Å². The Morgan fingerprint density at radius 2 is 1.97 bits per heavy atom. The van der Waals surface area contributed by atoms with E-state index < -0.39 is 35.4 Å². The number of aliphatic hydroxyl groups is 1. The topological polar surface area (TPSA) is 112 Å². The van der Waals surface area contributed by atoms with Gasteiger partial charge in [0, 0.05) is 18.5 Å². The van der Waals surface area contributed by atoms with E-state index >= 15 is 0 Å². The highest BCUT2D eigenvalue weighted by molar-refractivity contribution is 5.90. The van der Waals surface area contributed by atoms with E-state index in [0.29, 0.717) is 24.9 Å². The highest BCUT2D eigenvalue weighted by Crippen LogP contribution is 2.64. The maximum atomic E-state index is 13.0. The number of piperidine rings is 1. The summed E-state index contributed by atoms with van der Waals surface area (Å²) in [6, 6.07) is 2.79. The molecule has 4 aliphatic rings. The third kappa shape index (κ3) is 2.84. The van der Waals surface area contributed by atoms with Crippen molar-refractivity contribution in [1.29, 1.82) is 0 Å². The molecule has 1 aromatic rings. The number of ether oxygens (including phenoxy) is 4. The van der Waals surface area contributed by atoms with E-state index in [2.05, 4.69) is 13.2 Å². The monoisotopic (exact) mass is 455 g/mol. The number of nitrogens with zero attached hydrogens (tertiary/aromatic N) is 1. The predicted octanol–water partition coefficient (Wildman–Crippen LogP) is 2.43. The largest absolute Gasteiger partial charge is 0.514 e. The summed E-state index contributed by atoms with van der Waals surface area (Å²) in [7, 11) is 0. The van der Waals surface area contributed by atoms with Crippen LogP contribution in [0.1, 0.15) is 30.4 Å². The van der Waals surface area contributed by atoms with Crippen LogP contribution in [0.2, 0.25) is 0 Å². The smallest absolute Gasteiger partial charge is 0.477 e. The Morgan fingerprint density at radius 3 is 2.73 bits per heavy atom. The minimum atomic E-state index is -1.39. The summed E-state index contributed by atoms with van der Waals surface area (Å²) in [5.74, 6) is 0.293. The van der Waals surface area contributed by atoms with E-state index in [1.807, 2.05) is 0 Å². The van der Waals surface area contributed by atoms with Gasteiger partial charge in [-0.1, -0.05) is 31.4 Å². The SMILES string of the molecule is C=CCOC(=O)Oc1ccc2c3c1O[C@H]1C(=O)CC[C@@]4(O)[C@@H](C2)N(C(=O)OCC=C)CCC314. The molecule has 5 rings (SSSR count). The third-order valence-corrected chi connectivity index (χ3v) is 7.31. The Morgan fingerprint density at radius 1 is 1.21 bits per heavy atom. The fourth-order valence-electron chi connectivity index (χ4n) is 6.07. The van der Waals surface area contributed by atoms with Gasteiger partial charge < -0.3 is 29.0 Å². The van der Waals surface area contributed by atoms with E-state index in [9.17, 15) is 19.5 Å². The molecule has 1 saturated carbocycles. The summed E-state index contributed by atoms with van der Waals surface area (Å²) >= 11 is 0. The van der Waals surface area contributed by atoms with Crippen molar-refractivity contribution in [2.45, 2.75) is 48.8 Å². The zero-order valence-corrected chi connectivity index (χ0v) is 18.1. The van der Waals surface area contributed by atoms with Crippen LogP contribution in [0.4, 0.5) is 9.59 Å². The number of benzene rings is 1.